The Morgan fingerprint density at radius 2 is 1.89 bits per heavy atom. The van der Waals surface area contributed by atoms with Gasteiger partial charge in [-0.15, -0.1) is 0 Å². The summed E-state index contributed by atoms with van der Waals surface area (Å²) in [4.78, 5) is 12.3. The molecule has 2 aromatic carbocycles. The van der Waals surface area contributed by atoms with Crippen molar-refractivity contribution >= 4 is 33.3 Å². The maximum absolute atomic E-state index is 12.3. The van der Waals surface area contributed by atoms with Crippen LogP contribution >= 0.6 is 27.5 Å². The molecule has 2 nitrogen and oxygen atoms in total. The minimum absolute atomic E-state index is 0.225. The lowest BCUT2D eigenvalue weighted by Crippen LogP contribution is -2.11. The van der Waals surface area contributed by atoms with E-state index in [0.717, 1.165) is 4.47 Å². The number of nitriles is 1. The number of carbonyl (C=O) groups excluding carboxylic acids is 1. The summed E-state index contributed by atoms with van der Waals surface area (Å²) in [5.41, 5.74) is 1.16. The normalized spacial score (nSPS) is 11.6. The number of carbonyl (C=O) groups is 1. The van der Waals surface area contributed by atoms with Crippen molar-refractivity contribution in [3.05, 3.63) is 69.2 Å². The molecule has 0 aliphatic heterocycles. The van der Waals surface area contributed by atoms with Crippen molar-refractivity contribution in [1.82, 2.24) is 0 Å². The van der Waals surface area contributed by atoms with Crippen LogP contribution in [0, 0.1) is 11.3 Å². The Kier molecular flexibility index (Phi) is 4.36. The molecule has 0 saturated carbocycles. The van der Waals surface area contributed by atoms with Gasteiger partial charge in [0.2, 0.25) is 0 Å². The molecule has 1 atom stereocenters. The Bertz CT molecular complexity index is 646. The molecule has 0 aliphatic carbocycles. The van der Waals surface area contributed by atoms with Crippen molar-refractivity contribution in [2.45, 2.75) is 5.92 Å². The first-order valence-electron chi connectivity index (χ1n) is 5.56. The summed E-state index contributed by atoms with van der Waals surface area (Å²) in [5, 5.41) is 9.81. The van der Waals surface area contributed by atoms with E-state index < -0.39 is 5.92 Å². The highest BCUT2D eigenvalue weighted by molar-refractivity contribution is 9.10. The number of benzene rings is 2. The van der Waals surface area contributed by atoms with Gasteiger partial charge in [-0.05, 0) is 42.0 Å². The third-order valence-electron chi connectivity index (χ3n) is 2.70. The second-order valence-corrected chi connectivity index (χ2v) is 5.34. The van der Waals surface area contributed by atoms with Crippen LogP contribution in [0.5, 0.6) is 0 Å². The second-order valence-electron chi connectivity index (χ2n) is 3.99. The third kappa shape index (κ3) is 3.23. The predicted octanol–water partition coefficient (Wildman–Crippen LogP) is 4.59. The Balaban J connectivity index is 2.35. The summed E-state index contributed by atoms with van der Waals surface area (Å²) < 4.78 is 0.842. The van der Waals surface area contributed by atoms with E-state index in [4.69, 9.17) is 11.6 Å². The zero-order valence-electron chi connectivity index (χ0n) is 9.81. The molecule has 0 aliphatic rings. The fraction of sp³-hybridized carbons (Fsp3) is 0.0667. The van der Waals surface area contributed by atoms with Crippen LogP contribution in [0.3, 0.4) is 0 Å². The van der Waals surface area contributed by atoms with Crippen LogP contribution in [0.4, 0.5) is 0 Å². The van der Waals surface area contributed by atoms with Gasteiger partial charge in [0.1, 0.15) is 5.92 Å². The predicted molar refractivity (Wildman–Crippen MR) is 78.3 cm³/mol. The Morgan fingerprint density at radius 3 is 2.47 bits per heavy atom. The zero-order valence-corrected chi connectivity index (χ0v) is 12.1. The van der Waals surface area contributed by atoms with Crippen LogP contribution < -0.4 is 0 Å². The van der Waals surface area contributed by atoms with Crippen molar-refractivity contribution in [3.63, 3.8) is 0 Å². The van der Waals surface area contributed by atoms with Crippen molar-refractivity contribution in [2.75, 3.05) is 0 Å². The Morgan fingerprint density at radius 1 is 1.21 bits per heavy atom. The first-order valence-corrected chi connectivity index (χ1v) is 6.74. The number of nitrogens with zero attached hydrogens (tertiary/aromatic N) is 1. The smallest absolute Gasteiger partial charge is 0.184 e. The first kappa shape index (κ1) is 13.8. The van der Waals surface area contributed by atoms with Gasteiger partial charge in [-0.1, -0.05) is 39.7 Å². The third-order valence-corrected chi connectivity index (χ3v) is 3.45. The number of halogens is 2. The average molecular weight is 335 g/mol. The van der Waals surface area contributed by atoms with Gasteiger partial charge >= 0.3 is 0 Å². The summed E-state index contributed by atoms with van der Waals surface area (Å²) in [6.07, 6.45) is 0. The average Bonchev–Trinajstić information content (AvgIpc) is 2.40. The van der Waals surface area contributed by atoms with E-state index >= 15 is 0 Å². The molecule has 0 heterocycles. The molecule has 0 spiro atoms. The van der Waals surface area contributed by atoms with Crippen molar-refractivity contribution < 1.29 is 4.79 Å². The monoisotopic (exact) mass is 333 g/mol. The van der Waals surface area contributed by atoms with Gasteiger partial charge in [-0.3, -0.25) is 4.79 Å². The molecule has 4 heteroatoms. The number of rotatable bonds is 3. The molecule has 1 unspecified atom stereocenters. The molecule has 0 fully saturated rings. The molecule has 0 aromatic heterocycles. The van der Waals surface area contributed by atoms with E-state index in [0.29, 0.717) is 16.1 Å². The maximum atomic E-state index is 12.3. The van der Waals surface area contributed by atoms with Gasteiger partial charge in [0.15, 0.2) is 5.78 Å². The van der Waals surface area contributed by atoms with Gasteiger partial charge in [0.25, 0.3) is 0 Å². The molecule has 19 heavy (non-hydrogen) atoms. The fourth-order valence-electron chi connectivity index (χ4n) is 1.75. The Hall–Kier alpha value is -1.63. The van der Waals surface area contributed by atoms with Crippen LogP contribution in [0.1, 0.15) is 21.8 Å². The molecule has 0 saturated heterocycles. The first-order chi connectivity index (χ1) is 9.11. The number of hydrogen-bond acceptors (Lipinski definition) is 2. The lowest BCUT2D eigenvalue weighted by Gasteiger charge is -2.09. The van der Waals surface area contributed by atoms with E-state index in [1.165, 1.54) is 0 Å². The van der Waals surface area contributed by atoms with Crippen LogP contribution in [-0.2, 0) is 0 Å². The molecular formula is C15H9BrClNO. The van der Waals surface area contributed by atoms with E-state index in [1.54, 1.807) is 42.5 Å². The largest absolute Gasteiger partial charge is 0.292 e. The van der Waals surface area contributed by atoms with Crippen LogP contribution in [0.25, 0.3) is 0 Å². The number of hydrogen-bond donors (Lipinski definition) is 0. The minimum atomic E-state index is -0.807. The number of ketones is 1. The van der Waals surface area contributed by atoms with Crippen LogP contribution in [-0.4, -0.2) is 5.78 Å². The van der Waals surface area contributed by atoms with Gasteiger partial charge in [-0.25, -0.2) is 0 Å². The van der Waals surface area contributed by atoms with Gasteiger partial charge < -0.3 is 0 Å². The molecule has 0 radical (unpaired) electrons. The van der Waals surface area contributed by atoms with Crippen molar-refractivity contribution in [1.29, 1.82) is 5.26 Å². The van der Waals surface area contributed by atoms with Gasteiger partial charge in [0, 0.05) is 15.1 Å². The Labute approximate surface area is 124 Å². The molecule has 2 aromatic rings. The van der Waals surface area contributed by atoms with Crippen LogP contribution in [0.2, 0.25) is 5.02 Å². The molecule has 0 bridgehead atoms. The summed E-state index contributed by atoms with van der Waals surface area (Å²) in [6, 6.07) is 15.8. The fourth-order valence-corrected chi connectivity index (χ4v) is 2.29. The van der Waals surface area contributed by atoms with Crippen molar-refractivity contribution in [2.24, 2.45) is 0 Å². The highest BCUT2D eigenvalue weighted by Gasteiger charge is 2.21. The molecular weight excluding hydrogens is 326 g/mol. The van der Waals surface area contributed by atoms with Crippen molar-refractivity contribution in [3.8, 4) is 6.07 Å². The highest BCUT2D eigenvalue weighted by atomic mass is 79.9. The second kappa shape index (κ2) is 6.01. The molecule has 94 valence electrons. The van der Waals surface area contributed by atoms with E-state index in [9.17, 15) is 10.1 Å². The molecule has 0 amide bonds. The van der Waals surface area contributed by atoms with Gasteiger partial charge in [0.05, 0.1) is 6.07 Å². The standard InChI is InChI=1S/C15H9BrClNO/c16-12-3-1-2-11(8-12)14(9-18)15(19)10-4-6-13(17)7-5-10/h1-8,14H. The zero-order chi connectivity index (χ0) is 13.8. The SMILES string of the molecule is N#CC(C(=O)c1ccc(Cl)cc1)c1cccc(Br)c1. The summed E-state index contributed by atoms with van der Waals surface area (Å²) >= 11 is 9.12. The number of Topliss-reactive ketones (excluding diaryl/α,β-unsaturated/α-hetero) is 1. The molecule has 0 N–H and O–H groups in total. The summed E-state index contributed by atoms with van der Waals surface area (Å²) in [5.74, 6) is -1.03. The maximum Gasteiger partial charge on any atom is 0.184 e. The highest BCUT2D eigenvalue weighted by Crippen LogP contribution is 2.24. The minimum Gasteiger partial charge on any atom is -0.292 e. The van der Waals surface area contributed by atoms with Crippen LogP contribution in [0.15, 0.2) is 53.0 Å². The topological polar surface area (TPSA) is 40.9 Å². The van der Waals surface area contributed by atoms with E-state index in [-0.39, 0.29) is 5.78 Å². The summed E-state index contributed by atoms with van der Waals surface area (Å²) in [6.45, 7) is 0. The van der Waals surface area contributed by atoms with E-state index in [2.05, 4.69) is 22.0 Å². The lowest BCUT2D eigenvalue weighted by molar-refractivity contribution is 0.0979. The molecule has 2 rings (SSSR count). The quantitative estimate of drug-likeness (QED) is 0.770. The summed E-state index contributed by atoms with van der Waals surface area (Å²) in [7, 11) is 0. The van der Waals surface area contributed by atoms with Gasteiger partial charge in [-0.2, -0.15) is 5.26 Å². The van der Waals surface area contributed by atoms with E-state index in [1.807, 2.05) is 6.07 Å². The lowest BCUT2D eigenvalue weighted by atomic mass is 9.92.